The molecule has 7 heteroatoms. The zero-order chi connectivity index (χ0) is 19.8. The molecule has 0 unspecified atom stereocenters. The zero-order valence-corrected chi connectivity index (χ0v) is 17.3. The van der Waals surface area contributed by atoms with E-state index in [9.17, 15) is 9.59 Å². The molecule has 0 atom stereocenters. The van der Waals surface area contributed by atoms with Gasteiger partial charge in [-0.2, -0.15) is 0 Å². The minimum absolute atomic E-state index is 0.159. The number of likely N-dealkylation sites (tertiary alicyclic amines) is 1. The number of carbonyl (C=O) groups excluding carboxylic acids is 2. The molecular weight excluding hydrogens is 374 g/mol. The molecule has 6 nitrogen and oxygen atoms in total. The molecule has 2 amide bonds. The number of nitrogens with one attached hydrogen (secondary N) is 2. The fraction of sp³-hybridized carbons (Fsp3) is 0.524. The summed E-state index contributed by atoms with van der Waals surface area (Å²) < 4.78 is 5.46. The molecule has 2 aliphatic rings. The minimum Gasteiger partial charge on any atom is -0.496 e. The highest BCUT2D eigenvalue weighted by molar-refractivity contribution is 8.04. The fourth-order valence-corrected chi connectivity index (χ4v) is 4.30. The van der Waals surface area contributed by atoms with Gasteiger partial charge in [-0.15, -0.1) is 11.8 Å². The van der Waals surface area contributed by atoms with Crippen LogP contribution < -0.4 is 10.6 Å². The Morgan fingerprint density at radius 3 is 2.71 bits per heavy atom. The van der Waals surface area contributed by atoms with Gasteiger partial charge in [-0.1, -0.05) is 18.6 Å². The van der Waals surface area contributed by atoms with E-state index in [1.54, 1.807) is 25.1 Å². The molecule has 0 aliphatic carbocycles. The van der Waals surface area contributed by atoms with Crippen LogP contribution in [-0.2, 0) is 9.53 Å². The Balaban J connectivity index is 1.53. The van der Waals surface area contributed by atoms with E-state index in [0.29, 0.717) is 35.1 Å². The van der Waals surface area contributed by atoms with Gasteiger partial charge in [0, 0.05) is 12.3 Å². The number of carbonyl (C=O) groups is 2. The lowest BCUT2D eigenvalue weighted by Gasteiger charge is -2.26. The lowest BCUT2D eigenvalue weighted by molar-refractivity contribution is -0.112. The third kappa shape index (κ3) is 5.75. The Morgan fingerprint density at radius 2 is 1.93 bits per heavy atom. The van der Waals surface area contributed by atoms with Gasteiger partial charge in [0.1, 0.15) is 10.7 Å². The molecule has 2 heterocycles. The Labute approximate surface area is 171 Å². The SMILES string of the molecule is CC1=C(C(=O)Nc2ccccc2C(=O)NCCCN2CCCCC2)SCCO1. The van der Waals surface area contributed by atoms with Crippen molar-refractivity contribution >= 4 is 29.3 Å². The summed E-state index contributed by atoms with van der Waals surface area (Å²) in [5.41, 5.74) is 1.00. The number of allylic oxidation sites excluding steroid dienone is 1. The molecule has 0 spiro atoms. The fourth-order valence-electron chi connectivity index (χ4n) is 3.48. The van der Waals surface area contributed by atoms with Gasteiger partial charge in [0.2, 0.25) is 0 Å². The number of para-hydroxylation sites is 1. The largest absolute Gasteiger partial charge is 0.496 e. The number of anilines is 1. The standard InChI is InChI=1S/C21H29N3O3S/c1-16-19(28-15-14-27-16)21(26)23-18-9-4-3-8-17(18)20(25)22-10-7-13-24-11-5-2-6-12-24/h3-4,8-9H,2,5-7,10-15H2,1H3,(H,22,25)(H,23,26). The van der Waals surface area contributed by atoms with Crippen LogP contribution >= 0.6 is 11.8 Å². The number of ether oxygens (including phenoxy) is 1. The van der Waals surface area contributed by atoms with E-state index >= 15 is 0 Å². The molecule has 1 fully saturated rings. The van der Waals surface area contributed by atoms with E-state index in [-0.39, 0.29) is 11.8 Å². The van der Waals surface area contributed by atoms with Crippen molar-refractivity contribution < 1.29 is 14.3 Å². The summed E-state index contributed by atoms with van der Waals surface area (Å²) in [7, 11) is 0. The van der Waals surface area contributed by atoms with E-state index in [2.05, 4.69) is 15.5 Å². The molecule has 3 rings (SSSR count). The van der Waals surface area contributed by atoms with Crippen molar-refractivity contribution in [2.75, 3.05) is 43.9 Å². The van der Waals surface area contributed by atoms with Crippen molar-refractivity contribution in [1.82, 2.24) is 10.2 Å². The number of benzene rings is 1. The second-order valence-electron chi connectivity index (χ2n) is 7.09. The van der Waals surface area contributed by atoms with E-state index in [1.807, 2.05) is 6.07 Å². The van der Waals surface area contributed by atoms with Crippen LogP contribution in [0, 0.1) is 0 Å². The molecule has 0 radical (unpaired) electrons. The van der Waals surface area contributed by atoms with Crippen LogP contribution in [0.25, 0.3) is 0 Å². The number of thioether (sulfide) groups is 1. The Kier molecular flexibility index (Phi) is 7.80. The van der Waals surface area contributed by atoms with Crippen molar-refractivity contribution in [2.24, 2.45) is 0 Å². The van der Waals surface area contributed by atoms with Crippen LogP contribution in [0.15, 0.2) is 34.9 Å². The molecule has 1 saturated heterocycles. The average Bonchev–Trinajstić information content (AvgIpc) is 2.72. The Morgan fingerprint density at radius 1 is 1.14 bits per heavy atom. The van der Waals surface area contributed by atoms with E-state index in [1.165, 1.54) is 44.1 Å². The number of hydrogen-bond donors (Lipinski definition) is 2. The third-order valence-electron chi connectivity index (χ3n) is 4.98. The Bertz CT molecular complexity index is 729. The van der Waals surface area contributed by atoms with Gasteiger partial charge in [0.05, 0.1) is 17.9 Å². The van der Waals surface area contributed by atoms with Gasteiger partial charge in [-0.3, -0.25) is 9.59 Å². The summed E-state index contributed by atoms with van der Waals surface area (Å²) in [6.07, 6.45) is 4.81. The Hall–Kier alpha value is -1.99. The van der Waals surface area contributed by atoms with Gasteiger partial charge in [-0.25, -0.2) is 0 Å². The van der Waals surface area contributed by atoms with Gasteiger partial charge < -0.3 is 20.3 Å². The van der Waals surface area contributed by atoms with Crippen LogP contribution in [0.5, 0.6) is 0 Å². The first-order chi connectivity index (χ1) is 13.6. The second-order valence-corrected chi connectivity index (χ2v) is 8.20. The molecule has 28 heavy (non-hydrogen) atoms. The molecule has 2 aliphatic heterocycles. The molecular formula is C21H29N3O3S. The zero-order valence-electron chi connectivity index (χ0n) is 16.5. The summed E-state index contributed by atoms with van der Waals surface area (Å²) >= 11 is 1.48. The first kappa shape index (κ1) is 20.7. The number of piperidine rings is 1. The van der Waals surface area contributed by atoms with E-state index < -0.39 is 0 Å². The van der Waals surface area contributed by atoms with Crippen LogP contribution in [0.2, 0.25) is 0 Å². The molecule has 152 valence electrons. The van der Waals surface area contributed by atoms with Gasteiger partial charge in [0.25, 0.3) is 11.8 Å². The molecule has 0 saturated carbocycles. The number of hydrogen-bond acceptors (Lipinski definition) is 5. The summed E-state index contributed by atoms with van der Waals surface area (Å²) in [6, 6.07) is 7.11. The first-order valence-corrected chi connectivity index (χ1v) is 11.0. The van der Waals surface area contributed by atoms with E-state index in [4.69, 9.17) is 4.74 Å². The second kappa shape index (κ2) is 10.5. The predicted octanol–water partition coefficient (Wildman–Crippen LogP) is 3.23. The van der Waals surface area contributed by atoms with Crippen LogP contribution in [0.3, 0.4) is 0 Å². The monoisotopic (exact) mass is 403 g/mol. The van der Waals surface area contributed by atoms with Crippen LogP contribution in [0.4, 0.5) is 5.69 Å². The van der Waals surface area contributed by atoms with E-state index in [0.717, 1.165) is 18.7 Å². The normalized spacial score (nSPS) is 17.8. The topological polar surface area (TPSA) is 70.7 Å². The molecule has 2 N–H and O–H groups in total. The van der Waals surface area contributed by atoms with Gasteiger partial charge in [-0.05, 0) is 58.0 Å². The number of amides is 2. The van der Waals surface area contributed by atoms with Gasteiger partial charge >= 0.3 is 0 Å². The maximum atomic E-state index is 12.6. The predicted molar refractivity (Wildman–Crippen MR) is 113 cm³/mol. The molecule has 0 bridgehead atoms. The highest BCUT2D eigenvalue weighted by Crippen LogP contribution is 2.27. The lowest BCUT2D eigenvalue weighted by atomic mass is 10.1. The summed E-state index contributed by atoms with van der Waals surface area (Å²) in [5.74, 6) is 0.993. The van der Waals surface area contributed by atoms with Crippen molar-refractivity contribution in [3.05, 3.63) is 40.5 Å². The summed E-state index contributed by atoms with van der Waals surface area (Å²) in [4.78, 5) is 28.2. The van der Waals surface area contributed by atoms with Crippen molar-refractivity contribution in [3.8, 4) is 0 Å². The summed E-state index contributed by atoms with van der Waals surface area (Å²) in [6.45, 7) is 6.39. The summed E-state index contributed by atoms with van der Waals surface area (Å²) in [5, 5.41) is 5.85. The minimum atomic E-state index is -0.229. The van der Waals surface area contributed by atoms with Gasteiger partial charge in [0.15, 0.2) is 0 Å². The van der Waals surface area contributed by atoms with Crippen LogP contribution in [-0.4, -0.2) is 55.3 Å². The first-order valence-electron chi connectivity index (χ1n) is 10.0. The third-order valence-corrected chi connectivity index (χ3v) is 6.11. The van der Waals surface area contributed by atoms with Crippen molar-refractivity contribution in [2.45, 2.75) is 32.6 Å². The number of nitrogens with zero attached hydrogens (tertiary/aromatic N) is 1. The quantitative estimate of drug-likeness (QED) is 0.684. The van der Waals surface area contributed by atoms with Crippen LogP contribution in [0.1, 0.15) is 43.0 Å². The lowest BCUT2D eigenvalue weighted by Crippen LogP contribution is -2.33. The number of rotatable bonds is 7. The smallest absolute Gasteiger partial charge is 0.265 e. The maximum absolute atomic E-state index is 12.6. The molecule has 0 aromatic heterocycles. The maximum Gasteiger partial charge on any atom is 0.265 e. The van der Waals surface area contributed by atoms with Crippen molar-refractivity contribution in [3.63, 3.8) is 0 Å². The molecule has 1 aromatic rings. The van der Waals surface area contributed by atoms with Crippen molar-refractivity contribution in [1.29, 1.82) is 0 Å². The molecule has 1 aromatic carbocycles. The average molecular weight is 404 g/mol. The highest BCUT2D eigenvalue weighted by Gasteiger charge is 2.21. The highest BCUT2D eigenvalue weighted by atomic mass is 32.2.